The summed E-state index contributed by atoms with van der Waals surface area (Å²) >= 11 is 6.24. The third-order valence-corrected chi connectivity index (χ3v) is 3.60. The van der Waals surface area contributed by atoms with Gasteiger partial charge in [0.25, 0.3) is 0 Å². The second-order valence-electron chi connectivity index (χ2n) is 6.39. The summed E-state index contributed by atoms with van der Waals surface area (Å²) in [6, 6.07) is 4.05. The Balaban J connectivity index is 2.20. The van der Waals surface area contributed by atoms with Gasteiger partial charge in [-0.15, -0.1) is 0 Å². The molecule has 0 aliphatic carbocycles. The standard InChI is InChI=1S/C16H22ClN3O/c1-10(9-12-7-6-8-21-12)18-14-11(2)13(17)19-15(20-14)16(3,4)5/h6-8,10H,9H2,1-5H3,(H,18,19,20). The molecule has 0 radical (unpaired) electrons. The predicted octanol–water partition coefficient (Wildman–Crippen LogP) is 4.37. The van der Waals surface area contributed by atoms with Crippen LogP contribution in [-0.4, -0.2) is 16.0 Å². The molecule has 2 heterocycles. The topological polar surface area (TPSA) is 51.0 Å². The van der Waals surface area contributed by atoms with Crippen molar-refractivity contribution in [3.63, 3.8) is 0 Å². The van der Waals surface area contributed by atoms with Crippen molar-refractivity contribution in [1.82, 2.24) is 9.97 Å². The Morgan fingerprint density at radius 2 is 2.05 bits per heavy atom. The summed E-state index contributed by atoms with van der Waals surface area (Å²) in [6.45, 7) is 10.2. The molecule has 0 aliphatic rings. The molecule has 2 aromatic heterocycles. The molecule has 2 rings (SSSR count). The smallest absolute Gasteiger partial charge is 0.137 e. The lowest BCUT2D eigenvalue weighted by Crippen LogP contribution is -2.23. The van der Waals surface area contributed by atoms with Gasteiger partial charge in [0.1, 0.15) is 22.6 Å². The van der Waals surface area contributed by atoms with Gasteiger partial charge in [0.15, 0.2) is 0 Å². The van der Waals surface area contributed by atoms with E-state index in [2.05, 4.69) is 43.0 Å². The van der Waals surface area contributed by atoms with E-state index in [1.165, 1.54) is 0 Å². The first-order valence-electron chi connectivity index (χ1n) is 7.11. The van der Waals surface area contributed by atoms with Gasteiger partial charge in [0.05, 0.1) is 6.26 Å². The molecule has 0 aliphatic heterocycles. The van der Waals surface area contributed by atoms with Crippen molar-refractivity contribution in [3.8, 4) is 0 Å². The van der Waals surface area contributed by atoms with E-state index in [1.54, 1.807) is 6.26 Å². The molecule has 0 fully saturated rings. The molecule has 4 nitrogen and oxygen atoms in total. The van der Waals surface area contributed by atoms with Crippen molar-refractivity contribution >= 4 is 17.4 Å². The predicted molar refractivity (Wildman–Crippen MR) is 86.0 cm³/mol. The first-order valence-corrected chi connectivity index (χ1v) is 7.48. The zero-order valence-electron chi connectivity index (χ0n) is 13.2. The molecule has 21 heavy (non-hydrogen) atoms. The Kier molecular flexibility index (Phi) is 4.57. The van der Waals surface area contributed by atoms with Crippen LogP contribution in [0.3, 0.4) is 0 Å². The van der Waals surface area contributed by atoms with Crippen molar-refractivity contribution in [2.75, 3.05) is 5.32 Å². The molecule has 114 valence electrons. The molecule has 1 unspecified atom stereocenters. The normalized spacial score (nSPS) is 13.2. The SMILES string of the molecule is Cc1c(Cl)nc(C(C)(C)C)nc1NC(C)Cc1ccco1. The van der Waals surface area contributed by atoms with Crippen molar-refractivity contribution < 1.29 is 4.42 Å². The average molecular weight is 308 g/mol. The number of halogens is 1. The van der Waals surface area contributed by atoms with Crippen molar-refractivity contribution in [1.29, 1.82) is 0 Å². The van der Waals surface area contributed by atoms with Crippen LogP contribution in [0, 0.1) is 6.92 Å². The van der Waals surface area contributed by atoms with E-state index in [-0.39, 0.29) is 11.5 Å². The lowest BCUT2D eigenvalue weighted by molar-refractivity contribution is 0.497. The maximum Gasteiger partial charge on any atom is 0.137 e. The molecule has 0 bridgehead atoms. The Hall–Kier alpha value is -1.55. The molecule has 0 saturated carbocycles. The summed E-state index contributed by atoms with van der Waals surface area (Å²) in [6.07, 6.45) is 2.48. The van der Waals surface area contributed by atoms with Crippen LogP contribution in [0.4, 0.5) is 5.82 Å². The summed E-state index contributed by atoms with van der Waals surface area (Å²) in [5.74, 6) is 2.48. The van der Waals surface area contributed by atoms with E-state index in [0.717, 1.165) is 29.4 Å². The number of aromatic nitrogens is 2. The highest BCUT2D eigenvalue weighted by molar-refractivity contribution is 6.30. The Morgan fingerprint density at radius 3 is 2.62 bits per heavy atom. The minimum Gasteiger partial charge on any atom is -0.469 e. The fraction of sp³-hybridized carbons (Fsp3) is 0.500. The lowest BCUT2D eigenvalue weighted by atomic mass is 9.95. The number of rotatable bonds is 4. The monoisotopic (exact) mass is 307 g/mol. The summed E-state index contributed by atoms with van der Waals surface area (Å²) in [7, 11) is 0. The van der Waals surface area contributed by atoms with E-state index in [9.17, 15) is 0 Å². The number of nitrogens with one attached hydrogen (secondary N) is 1. The van der Waals surface area contributed by atoms with Gasteiger partial charge in [-0.05, 0) is 26.0 Å². The maximum absolute atomic E-state index is 6.24. The van der Waals surface area contributed by atoms with Gasteiger partial charge in [-0.2, -0.15) is 0 Å². The van der Waals surface area contributed by atoms with Gasteiger partial charge in [0, 0.05) is 23.4 Å². The third-order valence-electron chi connectivity index (χ3n) is 3.23. The van der Waals surface area contributed by atoms with Crippen LogP contribution in [0.5, 0.6) is 0 Å². The van der Waals surface area contributed by atoms with Crippen LogP contribution in [-0.2, 0) is 11.8 Å². The summed E-state index contributed by atoms with van der Waals surface area (Å²) in [4.78, 5) is 9.02. The number of hydrogen-bond acceptors (Lipinski definition) is 4. The fourth-order valence-electron chi connectivity index (χ4n) is 1.98. The largest absolute Gasteiger partial charge is 0.469 e. The highest BCUT2D eigenvalue weighted by Crippen LogP contribution is 2.26. The zero-order valence-corrected chi connectivity index (χ0v) is 14.0. The van der Waals surface area contributed by atoms with Crippen LogP contribution >= 0.6 is 11.6 Å². The molecule has 5 heteroatoms. The highest BCUT2D eigenvalue weighted by Gasteiger charge is 2.21. The summed E-state index contributed by atoms with van der Waals surface area (Å²) in [5.41, 5.74) is 0.730. The summed E-state index contributed by atoms with van der Waals surface area (Å²) < 4.78 is 5.37. The van der Waals surface area contributed by atoms with Crippen LogP contribution in [0.1, 0.15) is 44.8 Å². The lowest BCUT2D eigenvalue weighted by Gasteiger charge is -2.21. The highest BCUT2D eigenvalue weighted by atomic mass is 35.5. The van der Waals surface area contributed by atoms with Gasteiger partial charge in [0.2, 0.25) is 0 Å². The van der Waals surface area contributed by atoms with Crippen LogP contribution in [0.2, 0.25) is 5.15 Å². The molecule has 1 N–H and O–H groups in total. The molecule has 1 atom stereocenters. The minimum atomic E-state index is -0.141. The van der Waals surface area contributed by atoms with Crippen molar-refractivity contribution in [3.05, 3.63) is 40.7 Å². The first kappa shape index (κ1) is 15.8. The van der Waals surface area contributed by atoms with Gasteiger partial charge >= 0.3 is 0 Å². The van der Waals surface area contributed by atoms with Crippen molar-refractivity contribution in [2.24, 2.45) is 0 Å². The number of furan rings is 1. The fourth-order valence-corrected chi connectivity index (χ4v) is 2.15. The number of nitrogens with zero attached hydrogens (tertiary/aromatic N) is 2. The van der Waals surface area contributed by atoms with E-state index < -0.39 is 0 Å². The minimum absolute atomic E-state index is 0.141. The Bertz CT molecular complexity index is 603. The molecular formula is C16H22ClN3O. The number of anilines is 1. The van der Waals surface area contributed by atoms with Crippen LogP contribution < -0.4 is 5.32 Å². The van der Waals surface area contributed by atoms with Gasteiger partial charge in [-0.1, -0.05) is 32.4 Å². The van der Waals surface area contributed by atoms with E-state index in [4.69, 9.17) is 16.0 Å². The van der Waals surface area contributed by atoms with Gasteiger partial charge < -0.3 is 9.73 Å². The molecular weight excluding hydrogens is 286 g/mol. The van der Waals surface area contributed by atoms with E-state index in [1.807, 2.05) is 19.1 Å². The average Bonchev–Trinajstić information content (AvgIpc) is 2.86. The summed E-state index contributed by atoms with van der Waals surface area (Å²) in [5, 5.41) is 3.91. The second kappa shape index (κ2) is 6.06. The van der Waals surface area contributed by atoms with Crippen LogP contribution in [0.25, 0.3) is 0 Å². The quantitative estimate of drug-likeness (QED) is 0.852. The Labute approximate surface area is 130 Å². The molecule has 0 spiro atoms. The maximum atomic E-state index is 6.24. The van der Waals surface area contributed by atoms with Gasteiger partial charge in [-0.3, -0.25) is 0 Å². The van der Waals surface area contributed by atoms with Crippen molar-refractivity contribution in [2.45, 2.75) is 52.5 Å². The molecule has 2 aromatic rings. The van der Waals surface area contributed by atoms with Gasteiger partial charge in [-0.25, -0.2) is 9.97 Å². The molecule has 0 saturated heterocycles. The van der Waals surface area contributed by atoms with Crippen LogP contribution in [0.15, 0.2) is 22.8 Å². The molecule has 0 aromatic carbocycles. The zero-order chi connectivity index (χ0) is 15.6. The number of hydrogen-bond donors (Lipinski definition) is 1. The second-order valence-corrected chi connectivity index (χ2v) is 6.75. The molecule has 0 amide bonds. The third kappa shape index (κ3) is 3.97. The van der Waals surface area contributed by atoms with E-state index >= 15 is 0 Å². The van der Waals surface area contributed by atoms with E-state index in [0.29, 0.717) is 5.15 Å². The first-order chi connectivity index (χ1) is 9.77. The Morgan fingerprint density at radius 1 is 1.33 bits per heavy atom.